The lowest BCUT2D eigenvalue weighted by Crippen LogP contribution is -2.49. The fourth-order valence-corrected chi connectivity index (χ4v) is 4.74. The molecule has 9 heteroatoms. The molecule has 0 fully saturated rings. The van der Waals surface area contributed by atoms with Gasteiger partial charge in [0.25, 0.3) is 0 Å². The SMILES string of the molecule is N#CC1=C(N)C(C#N)(C#N)[C@H](c2ccc(F)cc2F)[C@@H]2CN(C(=O)OCc3ccccc3)CC=C12. The lowest BCUT2D eigenvalue weighted by atomic mass is 9.58. The van der Waals surface area contributed by atoms with E-state index >= 15 is 0 Å². The third-order valence-corrected chi connectivity index (χ3v) is 6.43. The minimum atomic E-state index is -2.11. The Morgan fingerprint density at radius 1 is 1.14 bits per heavy atom. The normalized spacial score (nSPS) is 20.5. The summed E-state index contributed by atoms with van der Waals surface area (Å²) in [6.45, 7) is 0.0528. The van der Waals surface area contributed by atoms with Crippen LogP contribution in [-0.4, -0.2) is 24.1 Å². The lowest BCUT2D eigenvalue weighted by molar-refractivity contribution is 0.0897. The van der Waals surface area contributed by atoms with Crippen molar-refractivity contribution in [2.24, 2.45) is 17.1 Å². The third kappa shape index (κ3) is 3.96. The number of hydrogen-bond donors (Lipinski definition) is 1. The minimum Gasteiger partial charge on any atom is -0.445 e. The summed E-state index contributed by atoms with van der Waals surface area (Å²) in [5.74, 6) is -3.82. The van der Waals surface area contributed by atoms with Gasteiger partial charge in [0.15, 0.2) is 5.41 Å². The van der Waals surface area contributed by atoms with Crippen molar-refractivity contribution in [3.63, 3.8) is 0 Å². The van der Waals surface area contributed by atoms with Crippen molar-refractivity contribution >= 4 is 6.09 Å². The summed E-state index contributed by atoms with van der Waals surface area (Å²) < 4.78 is 34.0. The molecular weight excluding hydrogens is 452 g/mol. The van der Waals surface area contributed by atoms with Crippen molar-refractivity contribution in [2.45, 2.75) is 12.5 Å². The molecule has 0 spiro atoms. The van der Waals surface area contributed by atoms with Gasteiger partial charge in [-0.3, -0.25) is 0 Å². The van der Waals surface area contributed by atoms with Gasteiger partial charge in [-0.05, 0) is 22.8 Å². The van der Waals surface area contributed by atoms with Crippen molar-refractivity contribution in [1.29, 1.82) is 15.8 Å². The highest BCUT2D eigenvalue weighted by Gasteiger charge is 2.55. The largest absolute Gasteiger partial charge is 0.445 e. The topological polar surface area (TPSA) is 127 Å². The lowest BCUT2D eigenvalue weighted by Gasteiger charge is -2.45. The molecule has 0 bridgehead atoms. The van der Waals surface area contributed by atoms with Crippen LogP contribution in [-0.2, 0) is 11.3 Å². The number of carbonyl (C=O) groups is 1. The Morgan fingerprint density at radius 2 is 1.86 bits per heavy atom. The van der Waals surface area contributed by atoms with Crippen LogP contribution in [0.15, 0.2) is 71.5 Å². The molecule has 174 valence electrons. The molecule has 1 heterocycles. The second-order valence-electron chi connectivity index (χ2n) is 8.29. The first-order valence-corrected chi connectivity index (χ1v) is 10.7. The highest BCUT2D eigenvalue weighted by Crippen LogP contribution is 2.54. The van der Waals surface area contributed by atoms with E-state index in [9.17, 15) is 29.4 Å². The number of halogens is 2. The molecule has 0 saturated heterocycles. The highest BCUT2D eigenvalue weighted by atomic mass is 19.1. The van der Waals surface area contributed by atoms with Crippen LogP contribution >= 0.6 is 0 Å². The van der Waals surface area contributed by atoms with Gasteiger partial charge in [0.05, 0.1) is 23.4 Å². The summed E-state index contributed by atoms with van der Waals surface area (Å²) in [5, 5.41) is 29.9. The predicted octanol–water partition coefficient (Wildman–Crippen LogP) is 4.03. The number of nitrogens with two attached hydrogens (primary N) is 1. The van der Waals surface area contributed by atoms with Crippen LogP contribution in [0.25, 0.3) is 0 Å². The van der Waals surface area contributed by atoms with Crippen molar-refractivity contribution in [3.8, 4) is 18.2 Å². The fraction of sp³-hybridized carbons (Fsp3) is 0.231. The second-order valence-corrected chi connectivity index (χ2v) is 8.29. The zero-order valence-corrected chi connectivity index (χ0v) is 18.4. The van der Waals surface area contributed by atoms with Crippen molar-refractivity contribution in [1.82, 2.24) is 4.90 Å². The number of allylic oxidation sites excluding steroid dienone is 2. The Hall–Kier alpha value is -4.68. The van der Waals surface area contributed by atoms with Crippen LogP contribution < -0.4 is 5.73 Å². The maximum absolute atomic E-state index is 15.0. The van der Waals surface area contributed by atoms with Gasteiger partial charge < -0.3 is 15.4 Å². The average Bonchev–Trinajstić information content (AvgIpc) is 2.87. The highest BCUT2D eigenvalue weighted by molar-refractivity contribution is 5.69. The van der Waals surface area contributed by atoms with Gasteiger partial charge in [0.1, 0.15) is 24.3 Å². The Labute approximate surface area is 200 Å². The molecule has 1 amide bonds. The molecule has 2 N–H and O–H groups in total. The molecule has 0 radical (unpaired) electrons. The second kappa shape index (κ2) is 9.29. The number of hydrogen-bond acceptors (Lipinski definition) is 6. The molecule has 1 aliphatic heterocycles. The maximum Gasteiger partial charge on any atom is 0.410 e. The van der Waals surface area contributed by atoms with Crippen LogP contribution in [0.4, 0.5) is 13.6 Å². The van der Waals surface area contributed by atoms with E-state index < -0.39 is 35.0 Å². The van der Waals surface area contributed by atoms with Crippen LogP contribution in [0.3, 0.4) is 0 Å². The number of nitrogens with zero attached hydrogens (tertiary/aromatic N) is 4. The molecule has 2 atom stereocenters. The van der Waals surface area contributed by atoms with E-state index in [4.69, 9.17) is 10.5 Å². The van der Waals surface area contributed by atoms with Gasteiger partial charge >= 0.3 is 6.09 Å². The number of rotatable bonds is 3. The van der Waals surface area contributed by atoms with Crippen LogP contribution in [0.2, 0.25) is 0 Å². The van der Waals surface area contributed by atoms with E-state index in [0.717, 1.165) is 17.7 Å². The molecule has 0 aromatic heterocycles. The summed E-state index contributed by atoms with van der Waals surface area (Å²) in [7, 11) is 0. The van der Waals surface area contributed by atoms with E-state index in [1.165, 1.54) is 4.90 Å². The van der Waals surface area contributed by atoms with E-state index in [1.807, 2.05) is 36.4 Å². The maximum atomic E-state index is 15.0. The van der Waals surface area contributed by atoms with Gasteiger partial charge in [-0.15, -0.1) is 0 Å². The first-order valence-electron chi connectivity index (χ1n) is 10.7. The molecule has 0 saturated carbocycles. The van der Waals surface area contributed by atoms with Crippen LogP contribution in [0.5, 0.6) is 0 Å². The van der Waals surface area contributed by atoms with Gasteiger partial charge in [-0.25, -0.2) is 13.6 Å². The summed E-state index contributed by atoms with van der Waals surface area (Å²) in [5.41, 5.74) is 4.82. The Balaban J connectivity index is 1.76. The molecule has 2 aromatic rings. The van der Waals surface area contributed by atoms with Gasteiger partial charge in [0, 0.05) is 31.0 Å². The van der Waals surface area contributed by atoms with E-state index in [2.05, 4.69) is 0 Å². The summed E-state index contributed by atoms with van der Waals surface area (Å²) in [4.78, 5) is 14.2. The van der Waals surface area contributed by atoms with Crippen LogP contribution in [0.1, 0.15) is 17.0 Å². The zero-order valence-electron chi connectivity index (χ0n) is 18.4. The average molecular weight is 471 g/mol. The molecule has 0 unspecified atom stereocenters. The number of carbonyl (C=O) groups excluding carboxylic acids is 1. The van der Waals surface area contributed by atoms with Crippen LogP contribution in [0, 0.1) is 57.0 Å². The molecule has 35 heavy (non-hydrogen) atoms. The number of amides is 1. The molecular formula is C26H19F2N5O2. The summed E-state index contributed by atoms with van der Waals surface area (Å²) in [6.07, 6.45) is 0.944. The van der Waals surface area contributed by atoms with E-state index in [1.54, 1.807) is 18.2 Å². The molecule has 1 aliphatic carbocycles. The van der Waals surface area contributed by atoms with Crippen molar-refractivity contribution in [2.75, 3.05) is 13.1 Å². The monoisotopic (exact) mass is 471 g/mol. The minimum absolute atomic E-state index is 0.0318. The first-order chi connectivity index (χ1) is 16.9. The molecule has 2 aromatic carbocycles. The smallest absolute Gasteiger partial charge is 0.410 e. The van der Waals surface area contributed by atoms with Gasteiger partial charge in [-0.2, -0.15) is 15.8 Å². The van der Waals surface area contributed by atoms with Crippen molar-refractivity contribution < 1.29 is 18.3 Å². The number of nitriles is 3. The van der Waals surface area contributed by atoms with E-state index in [0.29, 0.717) is 11.6 Å². The fourth-order valence-electron chi connectivity index (χ4n) is 4.74. The van der Waals surface area contributed by atoms with E-state index in [-0.39, 0.29) is 36.5 Å². The summed E-state index contributed by atoms with van der Waals surface area (Å²) >= 11 is 0. The molecule has 2 aliphatic rings. The molecule has 4 rings (SSSR count). The predicted molar refractivity (Wildman–Crippen MR) is 119 cm³/mol. The number of fused-ring (bicyclic) bond motifs is 1. The summed E-state index contributed by atoms with van der Waals surface area (Å²) in [6, 6.07) is 17.6. The molecule has 7 nitrogen and oxygen atoms in total. The van der Waals surface area contributed by atoms with Gasteiger partial charge in [-0.1, -0.05) is 42.5 Å². The Morgan fingerprint density at radius 3 is 2.49 bits per heavy atom. The Bertz CT molecular complexity index is 1350. The number of benzene rings is 2. The Kier molecular flexibility index (Phi) is 6.23. The van der Waals surface area contributed by atoms with Crippen molar-refractivity contribution in [3.05, 3.63) is 94.2 Å². The van der Waals surface area contributed by atoms with Gasteiger partial charge in [0.2, 0.25) is 0 Å². The first kappa shape index (κ1) is 23.5. The standard InChI is InChI=1S/C26H19F2N5O2/c27-17-6-7-19(22(28)10-17)23-21-12-33(25(34)35-13-16-4-2-1-3-5-16)9-8-18(21)20(11-29)24(32)26(23,14-30)15-31/h1-8,10,21,23H,9,12-13,32H2/t21-,23-/m1/s1. The zero-order chi connectivity index (χ0) is 25.2. The number of ether oxygens (including phenoxy) is 1. The quantitative estimate of drug-likeness (QED) is 0.720. The third-order valence-electron chi connectivity index (χ3n) is 6.43.